The molecule has 1 aliphatic rings. The molecular formula is C12H23NO3. The normalized spacial score (nSPS) is 27.4. The molecule has 4 nitrogen and oxygen atoms in total. The van der Waals surface area contributed by atoms with Crippen LogP contribution in [0, 0.1) is 5.92 Å². The van der Waals surface area contributed by atoms with E-state index >= 15 is 0 Å². The number of hydrogen-bond acceptors (Lipinski definition) is 4. The van der Waals surface area contributed by atoms with E-state index in [4.69, 9.17) is 9.47 Å². The van der Waals surface area contributed by atoms with Gasteiger partial charge in [0, 0.05) is 6.54 Å². The Bertz CT molecular complexity index is 220. The van der Waals surface area contributed by atoms with Gasteiger partial charge in [-0.25, -0.2) is 4.79 Å². The van der Waals surface area contributed by atoms with Gasteiger partial charge in [-0.15, -0.1) is 0 Å². The maximum Gasteiger partial charge on any atom is 0.335 e. The smallest absolute Gasteiger partial charge is 0.335 e. The zero-order valence-corrected chi connectivity index (χ0v) is 10.5. The quantitative estimate of drug-likeness (QED) is 0.723. The van der Waals surface area contributed by atoms with Crippen LogP contribution in [-0.4, -0.2) is 37.9 Å². The Labute approximate surface area is 97.7 Å². The second-order valence-electron chi connectivity index (χ2n) is 4.29. The molecule has 1 N–H and O–H groups in total. The second kappa shape index (κ2) is 6.86. The average Bonchev–Trinajstić information content (AvgIpc) is 2.28. The lowest BCUT2D eigenvalue weighted by molar-refractivity contribution is -0.163. The topological polar surface area (TPSA) is 47.6 Å². The van der Waals surface area contributed by atoms with Crippen LogP contribution in [0.3, 0.4) is 0 Å². The number of ether oxygens (including phenoxy) is 2. The molecule has 0 saturated carbocycles. The Kier molecular flexibility index (Phi) is 5.77. The van der Waals surface area contributed by atoms with Crippen molar-refractivity contribution in [3.8, 4) is 0 Å². The van der Waals surface area contributed by atoms with E-state index in [2.05, 4.69) is 12.2 Å². The minimum atomic E-state index is -0.410. The maximum atomic E-state index is 11.6. The minimum Gasteiger partial charge on any atom is -0.464 e. The Morgan fingerprint density at radius 2 is 2.25 bits per heavy atom. The molecule has 1 fully saturated rings. The predicted octanol–water partition coefficient (Wildman–Crippen LogP) is 1.34. The fourth-order valence-electron chi connectivity index (χ4n) is 1.91. The van der Waals surface area contributed by atoms with E-state index in [0.29, 0.717) is 18.9 Å². The Hall–Kier alpha value is -0.610. The molecule has 3 atom stereocenters. The lowest BCUT2D eigenvalue weighted by Crippen LogP contribution is -2.44. The summed E-state index contributed by atoms with van der Waals surface area (Å²) in [6.07, 6.45) is 1.49. The summed E-state index contributed by atoms with van der Waals surface area (Å²) in [5.74, 6) is 0.271. The summed E-state index contributed by atoms with van der Waals surface area (Å²) in [7, 11) is 0. The average molecular weight is 229 g/mol. The zero-order valence-electron chi connectivity index (χ0n) is 10.5. The molecule has 1 heterocycles. The fourth-order valence-corrected chi connectivity index (χ4v) is 1.91. The van der Waals surface area contributed by atoms with Crippen LogP contribution < -0.4 is 5.32 Å². The van der Waals surface area contributed by atoms with Crippen LogP contribution in [-0.2, 0) is 14.3 Å². The van der Waals surface area contributed by atoms with Crippen molar-refractivity contribution in [2.24, 2.45) is 5.92 Å². The highest BCUT2D eigenvalue weighted by atomic mass is 16.6. The first-order valence-electron chi connectivity index (χ1n) is 6.21. The third kappa shape index (κ3) is 3.76. The van der Waals surface area contributed by atoms with Crippen LogP contribution in [0.1, 0.15) is 33.6 Å². The van der Waals surface area contributed by atoms with Crippen LogP contribution in [0.5, 0.6) is 0 Å². The van der Waals surface area contributed by atoms with Crippen molar-refractivity contribution in [1.29, 1.82) is 0 Å². The summed E-state index contributed by atoms with van der Waals surface area (Å²) in [6, 6.07) is 0. The van der Waals surface area contributed by atoms with Crippen LogP contribution in [0.25, 0.3) is 0 Å². The van der Waals surface area contributed by atoms with E-state index in [1.165, 1.54) is 0 Å². The van der Waals surface area contributed by atoms with Crippen LogP contribution in [0.2, 0.25) is 0 Å². The van der Waals surface area contributed by atoms with E-state index in [-0.39, 0.29) is 12.1 Å². The molecule has 0 aromatic carbocycles. The summed E-state index contributed by atoms with van der Waals surface area (Å²) in [5.41, 5.74) is 0. The molecule has 94 valence electrons. The maximum absolute atomic E-state index is 11.6. The van der Waals surface area contributed by atoms with Crippen molar-refractivity contribution in [2.75, 3.05) is 19.7 Å². The first kappa shape index (κ1) is 13.5. The van der Waals surface area contributed by atoms with Gasteiger partial charge in [0.15, 0.2) is 6.10 Å². The van der Waals surface area contributed by atoms with E-state index in [1.54, 1.807) is 0 Å². The van der Waals surface area contributed by atoms with Crippen LogP contribution in [0.15, 0.2) is 0 Å². The molecule has 4 heteroatoms. The summed E-state index contributed by atoms with van der Waals surface area (Å²) < 4.78 is 10.8. The van der Waals surface area contributed by atoms with Crippen molar-refractivity contribution >= 4 is 5.97 Å². The van der Waals surface area contributed by atoms with Crippen LogP contribution >= 0.6 is 0 Å². The Morgan fingerprint density at radius 1 is 1.50 bits per heavy atom. The second-order valence-corrected chi connectivity index (χ2v) is 4.29. The van der Waals surface area contributed by atoms with Gasteiger partial charge in [0.05, 0.1) is 12.7 Å². The van der Waals surface area contributed by atoms with Crippen molar-refractivity contribution in [3.63, 3.8) is 0 Å². The highest BCUT2D eigenvalue weighted by Crippen LogP contribution is 2.18. The monoisotopic (exact) mass is 229 g/mol. The van der Waals surface area contributed by atoms with E-state index in [0.717, 1.165) is 19.5 Å². The predicted molar refractivity (Wildman–Crippen MR) is 62.2 cm³/mol. The number of esters is 1. The van der Waals surface area contributed by atoms with Gasteiger partial charge in [-0.1, -0.05) is 13.8 Å². The van der Waals surface area contributed by atoms with Gasteiger partial charge in [-0.2, -0.15) is 0 Å². The molecule has 16 heavy (non-hydrogen) atoms. The van der Waals surface area contributed by atoms with Gasteiger partial charge in [-0.05, 0) is 32.2 Å². The third-order valence-electron chi connectivity index (χ3n) is 3.02. The van der Waals surface area contributed by atoms with Gasteiger partial charge in [0.2, 0.25) is 0 Å². The van der Waals surface area contributed by atoms with Crippen LogP contribution in [0.4, 0.5) is 0 Å². The minimum absolute atomic E-state index is 0.128. The van der Waals surface area contributed by atoms with Crippen molar-refractivity contribution in [1.82, 2.24) is 5.32 Å². The lowest BCUT2D eigenvalue weighted by atomic mass is 9.97. The van der Waals surface area contributed by atoms with Gasteiger partial charge in [0.1, 0.15) is 0 Å². The highest BCUT2D eigenvalue weighted by molar-refractivity contribution is 5.74. The molecule has 0 bridgehead atoms. The van der Waals surface area contributed by atoms with E-state index < -0.39 is 6.10 Å². The molecule has 0 aromatic rings. The molecule has 3 unspecified atom stereocenters. The summed E-state index contributed by atoms with van der Waals surface area (Å²) in [6.45, 7) is 8.22. The number of carbonyl (C=O) groups excluding carboxylic acids is 1. The number of rotatable bonds is 5. The Balaban J connectivity index is 2.44. The summed E-state index contributed by atoms with van der Waals surface area (Å²) in [5, 5.41) is 3.29. The van der Waals surface area contributed by atoms with Gasteiger partial charge >= 0.3 is 5.97 Å². The lowest BCUT2D eigenvalue weighted by Gasteiger charge is -2.31. The first-order chi connectivity index (χ1) is 7.69. The molecule has 1 rings (SSSR count). The molecule has 1 aliphatic heterocycles. The zero-order chi connectivity index (χ0) is 12.0. The SMILES string of the molecule is CCOC(=O)C(CC)OC1CNCCC1C. The molecule has 0 amide bonds. The molecular weight excluding hydrogens is 206 g/mol. The number of hydrogen-bond donors (Lipinski definition) is 1. The number of piperidine rings is 1. The van der Waals surface area contributed by atoms with Crippen molar-refractivity contribution < 1.29 is 14.3 Å². The summed E-state index contributed by atoms with van der Waals surface area (Å²) >= 11 is 0. The molecule has 1 saturated heterocycles. The van der Waals surface area contributed by atoms with Crippen molar-refractivity contribution in [3.05, 3.63) is 0 Å². The van der Waals surface area contributed by atoms with E-state index in [1.807, 2.05) is 13.8 Å². The number of carbonyl (C=O) groups is 1. The Morgan fingerprint density at radius 3 is 2.81 bits per heavy atom. The van der Waals surface area contributed by atoms with Gasteiger partial charge < -0.3 is 14.8 Å². The summed E-state index contributed by atoms with van der Waals surface area (Å²) in [4.78, 5) is 11.6. The number of nitrogens with one attached hydrogen (secondary N) is 1. The standard InChI is InChI=1S/C12H23NO3/c1-4-10(12(14)15-5-2)16-11-8-13-7-6-9(11)3/h9-11,13H,4-8H2,1-3H3. The molecule has 0 aromatic heterocycles. The highest BCUT2D eigenvalue weighted by Gasteiger charge is 2.28. The van der Waals surface area contributed by atoms with Crippen molar-refractivity contribution in [2.45, 2.75) is 45.8 Å². The van der Waals surface area contributed by atoms with E-state index in [9.17, 15) is 4.79 Å². The fraction of sp³-hybridized carbons (Fsp3) is 0.917. The third-order valence-corrected chi connectivity index (χ3v) is 3.02. The molecule has 0 spiro atoms. The van der Waals surface area contributed by atoms with Gasteiger partial charge in [0.25, 0.3) is 0 Å². The largest absolute Gasteiger partial charge is 0.464 e. The molecule has 0 radical (unpaired) electrons. The van der Waals surface area contributed by atoms with Gasteiger partial charge in [-0.3, -0.25) is 0 Å². The first-order valence-corrected chi connectivity index (χ1v) is 6.21. The molecule has 0 aliphatic carbocycles.